The minimum Gasteiger partial charge on any atom is -0.460 e. The number of Topliss-reactive ketones (excluding diaryl/α,β-unsaturated/α-hetero) is 3. The standard InChI is InChI=1S/C54H83NO14/c1-32-16-12-11-13-17-33(2)45(63-8)28-40-21-19-38(7)54(62,69-40)51(59)52(60)55-23-15-14-18-42(55)53(61)68-46(35(4)26-39-20-22-44(47(27-39)64-9)67-41-30-66-31-41)29-43(56)34(3)25-37(6)49(58)50(65-10)48(57)36(5)24-32/h11-13,16-17,25,32,34-36,38-42,44-47,49-50,58,62H,14-15,18-24,26-31H2,1-10H3/b13-11+,16-12+,33-17+,37-25+/t32-,34-,35+,36-,38-,39?,40+,42+,44?,45+,46+,47?,49?,50+,54?/m1/s1. The van der Waals surface area contributed by atoms with Gasteiger partial charge in [0.15, 0.2) is 5.78 Å². The Morgan fingerprint density at radius 1 is 0.841 bits per heavy atom. The Bertz CT molecular complexity index is 1870. The van der Waals surface area contributed by atoms with Crippen molar-refractivity contribution in [1.82, 2.24) is 4.90 Å². The molecule has 0 aromatic heterocycles. The predicted molar refractivity (Wildman–Crippen MR) is 259 cm³/mol. The Kier molecular flexibility index (Phi) is 21.6. The molecule has 2 bridgehead atoms. The van der Waals surface area contributed by atoms with Crippen molar-refractivity contribution < 1.29 is 67.3 Å². The molecule has 3 saturated heterocycles. The van der Waals surface area contributed by atoms with Crippen LogP contribution in [-0.2, 0) is 57.1 Å². The molecule has 4 fully saturated rings. The van der Waals surface area contributed by atoms with Gasteiger partial charge in [0.25, 0.3) is 11.7 Å². The second-order valence-corrected chi connectivity index (χ2v) is 20.9. The molecule has 69 heavy (non-hydrogen) atoms. The molecule has 1 saturated carbocycles. The van der Waals surface area contributed by atoms with Gasteiger partial charge in [-0.3, -0.25) is 19.2 Å². The van der Waals surface area contributed by atoms with Gasteiger partial charge < -0.3 is 48.3 Å². The molecule has 4 aliphatic heterocycles. The largest absolute Gasteiger partial charge is 0.460 e. The Balaban J connectivity index is 1.45. The lowest BCUT2D eigenvalue weighted by Gasteiger charge is -2.42. The normalized spacial score (nSPS) is 40.0. The summed E-state index contributed by atoms with van der Waals surface area (Å²) in [7, 11) is 4.65. The summed E-state index contributed by atoms with van der Waals surface area (Å²) in [6.45, 7) is 14.0. The number of fused-ring (bicyclic) bond motifs is 3. The summed E-state index contributed by atoms with van der Waals surface area (Å²) in [6, 6.07) is -1.13. The SMILES string of the molecule is COC1CC(C[C@H](C)[C@@H]2CC(=O)[C@H](C)/C=C(\C)C(O)[C@@H](OC)C(=O)[C@H](C)C[C@H](C)/C=C/C=C/C=C(\C)[C@@H](OC)C[C@@H]3CC[C@@H](C)C(O)(O3)C(=O)C(=O)N3CCCC[C@H]3C(=O)O2)CCC1OC1COC1. The van der Waals surface area contributed by atoms with Gasteiger partial charge in [0, 0.05) is 58.5 Å². The topological polar surface area (TPSA) is 194 Å². The van der Waals surface area contributed by atoms with Gasteiger partial charge in [0.1, 0.15) is 36.2 Å². The van der Waals surface area contributed by atoms with Gasteiger partial charge in [-0.25, -0.2) is 4.79 Å². The molecule has 2 N–H and O–H groups in total. The molecule has 5 aliphatic rings. The number of hydrogen-bond donors (Lipinski definition) is 2. The fourth-order valence-electron chi connectivity index (χ4n) is 10.8. The molecule has 1 amide bonds. The van der Waals surface area contributed by atoms with Crippen molar-refractivity contribution in [3.63, 3.8) is 0 Å². The van der Waals surface area contributed by atoms with Crippen molar-refractivity contribution in [1.29, 1.82) is 0 Å². The summed E-state index contributed by atoms with van der Waals surface area (Å²) >= 11 is 0. The first-order chi connectivity index (χ1) is 32.8. The summed E-state index contributed by atoms with van der Waals surface area (Å²) in [4.78, 5) is 72.3. The third kappa shape index (κ3) is 14.8. The van der Waals surface area contributed by atoms with E-state index in [1.807, 2.05) is 58.1 Å². The molecular formula is C54H83NO14. The molecule has 1 aliphatic carbocycles. The fraction of sp³-hybridized carbons (Fsp3) is 0.759. The van der Waals surface area contributed by atoms with E-state index in [1.165, 1.54) is 12.0 Å². The molecule has 0 aromatic carbocycles. The number of methoxy groups -OCH3 is 3. The number of nitrogens with zero attached hydrogens (tertiary/aromatic N) is 1. The number of aliphatic hydroxyl groups is 2. The first-order valence-electron chi connectivity index (χ1n) is 25.5. The second kappa shape index (κ2) is 26.3. The van der Waals surface area contributed by atoms with Gasteiger partial charge >= 0.3 is 5.97 Å². The van der Waals surface area contributed by atoms with E-state index in [-0.39, 0.29) is 67.0 Å². The van der Waals surface area contributed by atoms with E-state index in [0.717, 1.165) is 18.4 Å². The number of esters is 1. The summed E-state index contributed by atoms with van der Waals surface area (Å²) < 4.78 is 41.5. The van der Waals surface area contributed by atoms with Crippen molar-refractivity contribution in [2.45, 2.75) is 186 Å². The lowest BCUT2D eigenvalue weighted by Crippen LogP contribution is -2.61. The Morgan fingerprint density at radius 3 is 2.25 bits per heavy atom. The molecule has 15 nitrogen and oxygen atoms in total. The number of allylic oxidation sites excluding steroid dienone is 6. The van der Waals surface area contributed by atoms with Gasteiger partial charge in [0.2, 0.25) is 5.79 Å². The van der Waals surface area contributed by atoms with Crippen LogP contribution in [0.25, 0.3) is 0 Å². The Hall–Kier alpha value is -3.41. The third-order valence-corrected chi connectivity index (χ3v) is 15.4. The molecule has 0 radical (unpaired) electrons. The molecule has 388 valence electrons. The Labute approximate surface area is 410 Å². The highest BCUT2D eigenvalue weighted by atomic mass is 16.6. The lowest BCUT2D eigenvalue weighted by atomic mass is 9.78. The molecule has 15 atom stereocenters. The lowest BCUT2D eigenvalue weighted by molar-refractivity contribution is -0.265. The van der Waals surface area contributed by atoms with E-state index in [0.29, 0.717) is 70.2 Å². The number of carbonyl (C=O) groups excluding carboxylic acids is 5. The van der Waals surface area contributed by atoms with Crippen LogP contribution in [0.15, 0.2) is 47.6 Å². The van der Waals surface area contributed by atoms with Crippen LogP contribution in [0.4, 0.5) is 0 Å². The van der Waals surface area contributed by atoms with E-state index >= 15 is 0 Å². The number of hydrogen-bond acceptors (Lipinski definition) is 14. The second-order valence-electron chi connectivity index (χ2n) is 20.9. The van der Waals surface area contributed by atoms with Crippen molar-refractivity contribution >= 4 is 29.2 Å². The van der Waals surface area contributed by atoms with Crippen LogP contribution in [-0.4, -0.2) is 146 Å². The maximum Gasteiger partial charge on any atom is 0.329 e. The molecule has 0 spiro atoms. The number of amides is 1. The van der Waals surface area contributed by atoms with Crippen molar-refractivity contribution in [2.75, 3.05) is 41.1 Å². The monoisotopic (exact) mass is 970 g/mol. The number of ketones is 3. The van der Waals surface area contributed by atoms with E-state index in [1.54, 1.807) is 41.1 Å². The summed E-state index contributed by atoms with van der Waals surface area (Å²) in [5.41, 5.74) is 1.28. The minimum atomic E-state index is -2.43. The number of rotatable bonds is 8. The van der Waals surface area contributed by atoms with Crippen LogP contribution in [0.3, 0.4) is 0 Å². The zero-order valence-corrected chi connectivity index (χ0v) is 43.0. The quantitative estimate of drug-likeness (QED) is 0.150. The van der Waals surface area contributed by atoms with Crippen LogP contribution in [0.5, 0.6) is 0 Å². The number of piperidine rings is 1. The van der Waals surface area contributed by atoms with Gasteiger partial charge in [-0.05, 0) is 107 Å². The maximum atomic E-state index is 14.5. The summed E-state index contributed by atoms with van der Waals surface area (Å²) in [5, 5.41) is 23.5. The van der Waals surface area contributed by atoms with Crippen molar-refractivity contribution in [2.24, 2.45) is 35.5 Å². The zero-order chi connectivity index (χ0) is 50.6. The number of cyclic esters (lactones) is 1. The molecule has 4 heterocycles. The highest BCUT2D eigenvalue weighted by molar-refractivity contribution is 6.39. The van der Waals surface area contributed by atoms with Crippen LogP contribution >= 0.6 is 0 Å². The molecule has 15 heteroatoms. The first kappa shape index (κ1) is 56.5. The molecule has 5 unspecified atom stereocenters. The van der Waals surface area contributed by atoms with Gasteiger partial charge in [0.05, 0.1) is 37.6 Å². The number of carbonyl (C=O) groups is 5. The van der Waals surface area contributed by atoms with Gasteiger partial charge in [-0.1, -0.05) is 71.1 Å². The van der Waals surface area contributed by atoms with E-state index in [4.69, 9.17) is 33.2 Å². The van der Waals surface area contributed by atoms with Crippen molar-refractivity contribution in [3.8, 4) is 0 Å². The fourth-order valence-corrected chi connectivity index (χ4v) is 10.8. The number of ether oxygens (including phenoxy) is 7. The van der Waals surface area contributed by atoms with Crippen LogP contribution in [0.2, 0.25) is 0 Å². The maximum absolute atomic E-state index is 14.5. The molecular weight excluding hydrogens is 887 g/mol. The van der Waals surface area contributed by atoms with E-state index in [2.05, 4.69) is 0 Å². The van der Waals surface area contributed by atoms with E-state index < -0.39 is 77.8 Å². The first-order valence-corrected chi connectivity index (χ1v) is 25.5. The third-order valence-electron chi connectivity index (χ3n) is 15.4. The summed E-state index contributed by atoms with van der Waals surface area (Å²) in [6.07, 6.45) is 12.6. The summed E-state index contributed by atoms with van der Waals surface area (Å²) in [5.74, 6) is -7.79. The number of aliphatic hydroxyl groups excluding tert-OH is 1. The van der Waals surface area contributed by atoms with E-state index in [9.17, 15) is 34.2 Å². The molecule has 5 rings (SSSR count). The smallest absolute Gasteiger partial charge is 0.329 e. The van der Waals surface area contributed by atoms with Crippen molar-refractivity contribution in [3.05, 3.63) is 47.6 Å². The van der Waals surface area contributed by atoms with Crippen LogP contribution in [0, 0.1) is 35.5 Å². The van der Waals surface area contributed by atoms with Crippen LogP contribution < -0.4 is 0 Å². The van der Waals surface area contributed by atoms with Gasteiger partial charge in [-0.2, -0.15) is 0 Å². The predicted octanol–water partition coefficient (Wildman–Crippen LogP) is 6.60. The van der Waals surface area contributed by atoms with Crippen LogP contribution in [0.1, 0.15) is 126 Å². The minimum absolute atomic E-state index is 0.0210. The molecule has 0 aromatic rings. The average molecular weight is 970 g/mol. The Morgan fingerprint density at radius 2 is 1.58 bits per heavy atom. The highest BCUT2D eigenvalue weighted by Crippen LogP contribution is 2.38. The zero-order valence-electron chi connectivity index (χ0n) is 43.0. The van der Waals surface area contributed by atoms with Gasteiger partial charge in [-0.15, -0.1) is 0 Å². The highest BCUT2D eigenvalue weighted by Gasteiger charge is 2.53. The average Bonchev–Trinajstić information content (AvgIpc) is 3.31.